The molecule has 2 fully saturated rings. The number of carbonyl (C=O) groups is 2. The van der Waals surface area contributed by atoms with Crippen molar-refractivity contribution in [1.29, 1.82) is 0 Å². The molecule has 1 saturated heterocycles. The molecule has 0 unspecified atom stereocenters. The topological polar surface area (TPSA) is 113 Å². The molecule has 3 heterocycles. The highest BCUT2D eigenvalue weighted by atomic mass is 19.4. The number of halogens is 4. The van der Waals surface area contributed by atoms with Crippen LogP contribution in [0.3, 0.4) is 0 Å². The minimum absolute atomic E-state index is 0.0274. The molecule has 1 aliphatic carbocycles. The van der Waals surface area contributed by atoms with Crippen molar-refractivity contribution in [1.82, 2.24) is 24.9 Å². The van der Waals surface area contributed by atoms with Crippen LogP contribution in [0, 0.1) is 5.82 Å². The fourth-order valence-corrected chi connectivity index (χ4v) is 3.50. The van der Waals surface area contributed by atoms with Crippen molar-refractivity contribution in [3.8, 4) is 0 Å². The van der Waals surface area contributed by atoms with Gasteiger partial charge in [-0.05, 0) is 25.0 Å². The highest BCUT2D eigenvalue weighted by Crippen LogP contribution is 2.32. The number of benzene rings is 1. The van der Waals surface area contributed by atoms with Crippen LogP contribution in [-0.4, -0.2) is 37.4 Å². The minimum atomic E-state index is -4.81. The summed E-state index contributed by atoms with van der Waals surface area (Å²) in [5.41, 5.74) is -0.574. The van der Waals surface area contributed by atoms with Crippen LogP contribution in [-0.2, 0) is 22.3 Å². The lowest BCUT2D eigenvalue weighted by molar-refractivity contribution is -0.140. The first-order chi connectivity index (χ1) is 16.2. The predicted octanol–water partition coefficient (Wildman–Crippen LogP) is 2.90. The van der Waals surface area contributed by atoms with Gasteiger partial charge in [-0.15, -0.1) is 0 Å². The third-order valence-electron chi connectivity index (χ3n) is 5.35. The van der Waals surface area contributed by atoms with Gasteiger partial charge in [0.1, 0.15) is 5.82 Å². The second-order valence-corrected chi connectivity index (χ2v) is 7.98. The van der Waals surface area contributed by atoms with E-state index in [1.807, 2.05) is 0 Å². The molecule has 1 saturated carbocycles. The van der Waals surface area contributed by atoms with Crippen LogP contribution in [0.25, 0.3) is 11.7 Å². The van der Waals surface area contributed by atoms with Gasteiger partial charge in [-0.1, -0.05) is 12.1 Å². The van der Waals surface area contributed by atoms with Gasteiger partial charge in [-0.2, -0.15) is 32.8 Å². The molecular weight excluding hydrogens is 458 g/mol. The summed E-state index contributed by atoms with van der Waals surface area (Å²) in [6.07, 6.45) is -0.0678. The van der Waals surface area contributed by atoms with E-state index in [2.05, 4.69) is 31.0 Å². The number of fused-ring (bicyclic) bond motifs is 1. The normalized spacial score (nSPS) is 17.5. The van der Waals surface area contributed by atoms with E-state index in [1.54, 1.807) is 0 Å². The maximum atomic E-state index is 14.4. The fraction of sp³-hybridized carbons (Fsp3) is 0.286. The van der Waals surface area contributed by atoms with Crippen molar-refractivity contribution >= 4 is 35.4 Å². The van der Waals surface area contributed by atoms with Crippen LogP contribution >= 0.6 is 0 Å². The summed E-state index contributed by atoms with van der Waals surface area (Å²) in [5, 5.41) is 12.4. The molecule has 5 rings (SSSR count). The van der Waals surface area contributed by atoms with Crippen molar-refractivity contribution in [3.05, 3.63) is 52.5 Å². The highest BCUT2D eigenvalue weighted by Gasteiger charge is 2.34. The Morgan fingerprint density at radius 1 is 1.21 bits per heavy atom. The molecule has 1 aromatic carbocycles. The summed E-state index contributed by atoms with van der Waals surface area (Å²) < 4.78 is 54.9. The Morgan fingerprint density at radius 3 is 2.68 bits per heavy atom. The molecule has 0 bridgehead atoms. The van der Waals surface area contributed by atoms with Crippen molar-refractivity contribution in [2.24, 2.45) is 0 Å². The summed E-state index contributed by atoms with van der Waals surface area (Å²) in [4.78, 5) is 32.1. The molecule has 0 radical (unpaired) electrons. The quantitative estimate of drug-likeness (QED) is 0.285. The fourth-order valence-electron chi connectivity index (χ4n) is 3.50. The van der Waals surface area contributed by atoms with Crippen LogP contribution in [0.1, 0.15) is 36.0 Å². The number of alkyl halides is 3. The first-order valence-electron chi connectivity index (χ1n) is 10.3. The van der Waals surface area contributed by atoms with Gasteiger partial charge in [-0.3, -0.25) is 14.9 Å². The summed E-state index contributed by atoms with van der Waals surface area (Å²) in [6, 6.07) is 3.23. The number of amides is 2. The standard InChI is InChI=1S/C21H17F4N7O2/c22-16-10(2-1-3-14(16)21(23,24)25)8-26-19-30-17-12(6-11-7-15(33)29-18(11)34)9-27-32(17)20(31-19)28-13-4-5-13/h1-3,6,9,13H,4-5,7-8H2,(H,29,33,34)(H2,26,28,30,31)/b11-6+. The van der Waals surface area contributed by atoms with Gasteiger partial charge in [-0.25, -0.2) is 4.39 Å². The largest absolute Gasteiger partial charge is 0.419 e. The van der Waals surface area contributed by atoms with E-state index in [-0.39, 0.29) is 36.1 Å². The Balaban J connectivity index is 1.48. The summed E-state index contributed by atoms with van der Waals surface area (Å²) in [7, 11) is 0. The zero-order valence-corrected chi connectivity index (χ0v) is 17.4. The van der Waals surface area contributed by atoms with Crippen LogP contribution in [0.2, 0.25) is 0 Å². The average molecular weight is 475 g/mol. The molecule has 2 amide bonds. The lowest BCUT2D eigenvalue weighted by Gasteiger charge is -2.13. The van der Waals surface area contributed by atoms with Crippen LogP contribution in [0.5, 0.6) is 0 Å². The maximum Gasteiger partial charge on any atom is 0.419 e. The average Bonchev–Trinajstić information content (AvgIpc) is 3.40. The molecule has 3 aromatic rings. The number of carbonyl (C=O) groups excluding carboxylic acids is 2. The molecule has 0 atom stereocenters. The predicted molar refractivity (Wildman–Crippen MR) is 112 cm³/mol. The second-order valence-electron chi connectivity index (χ2n) is 7.98. The summed E-state index contributed by atoms with van der Waals surface area (Å²) in [5.74, 6) is -1.93. The molecule has 34 heavy (non-hydrogen) atoms. The lowest BCUT2D eigenvalue weighted by atomic mass is 10.1. The Kier molecular flexibility index (Phi) is 5.18. The summed E-state index contributed by atoms with van der Waals surface area (Å²) in [6.45, 7) is -0.295. The van der Waals surface area contributed by atoms with Gasteiger partial charge in [0, 0.05) is 29.3 Å². The van der Waals surface area contributed by atoms with Gasteiger partial charge in [0.15, 0.2) is 5.65 Å². The maximum absolute atomic E-state index is 14.4. The number of hydrogen-bond acceptors (Lipinski definition) is 7. The van der Waals surface area contributed by atoms with Crippen LogP contribution in [0.15, 0.2) is 30.0 Å². The molecule has 2 aliphatic rings. The number of rotatable bonds is 6. The Labute approximate surface area is 189 Å². The van der Waals surface area contributed by atoms with E-state index in [0.717, 1.165) is 18.9 Å². The minimum Gasteiger partial charge on any atom is -0.351 e. The molecule has 0 spiro atoms. The number of nitrogens with one attached hydrogen (secondary N) is 3. The zero-order chi connectivity index (χ0) is 24.0. The van der Waals surface area contributed by atoms with Crippen molar-refractivity contribution < 1.29 is 27.2 Å². The van der Waals surface area contributed by atoms with Crippen LogP contribution < -0.4 is 16.0 Å². The van der Waals surface area contributed by atoms with E-state index in [9.17, 15) is 27.2 Å². The number of nitrogens with zero attached hydrogens (tertiary/aromatic N) is 4. The van der Waals surface area contributed by atoms with Crippen LogP contribution in [0.4, 0.5) is 29.5 Å². The van der Waals surface area contributed by atoms with E-state index >= 15 is 0 Å². The Bertz CT molecular complexity index is 1340. The SMILES string of the molecule is O=C1C/C(=C\c2cnn3c(NC4CC4)nc(NCc4cccc(C(F)(F)F)c4F)nc23)C(=O)N1. The zero-order valence-electron chi connectivity index (χ0n) is 17.4. The molecule has 2 aromatic heterocycles. The Hall–Kier alpha value is -4.03. The molecular formula is C21H17F4N7O2. The monoisotopic (exact) mass is 475 g/mol. The summed E-state index contributed by atoms with van der Waals surface area (Å²) >= 11 is 0. The first kappa shape index (κ1) is 21.8. The van der Waals surface area contributed by atoms with E-state index in [0.29, 0.717) is 23.2 Å². The second kappa shape index (κ2) is 8.08. The molecule has 3 N–H and O–H groups in total. The molecule has 9 nitrogen and oxygen atoms in total. The smallest absolute Gasteiger partial charge is 0.351 e. The van der Waals surface area contributed by atoms with Gasteiger partial charge >= 0.3 is 6.18 Å². The van der Waals surface area contributed by atoms with E-state index < -0.39 is 29.4 Å². The van der Waals surface area contributed by atoms with E-state index in [1.165, 1.54) is 22.9 Å². The van der Waals surface area contributed by atoms with Crippen molar-refractivity contribution in [2.75, 3.05) is 10.6 Å². The first-order valence-corrected chi connectivity index (χ1v) is 10.3. The number of anilines is 2. The van der Waals surface area contributed by atoms with Crippen molar-refractivity contribution in [3.63, 3.8) is 0 Å². The number of hydrogen-bond donors (Lipinski definition) is 3. The molecule has 13 heteroatoms. The van der Waals surface area contributed by atoms with Gasteiger partial charge in [0.05, 0.1) is 18.2 Å². The number of aromatic nitrogens is 4. The van der Waals surface area contributed by atoms with Crippen molar-refractivity contribution in [2.45, 2.75) is 38.0 Å². The van der Waals surface area contributed by atoms with Gasteiger partial charge < -0.3 is 10.6 Å². The molecule has 176 valence electrons. The lowest BCUT2D eigenvalue weighted by Crippen LogP contribution is -2.19. The molecule has 1 aliphatic heterocycles. The highest BCUT2D eigenvalue weighted by molar-refractivity contribution is 6.15. The third kappa shape index (κ3) is 4.28. The Morgan fingerprint density at radius 2 is 2.00 bits per heavy atom. The van der Waals surface area contributed by atoms with Gasteiger partial charge in [0.2, 0.25) is 17.8 Å². The third-order valence-corrected chi connectivity index (χ3v) is 5.35. The van der Waals surface area contributed by atoms with E-state index in [4.69, 9.17) is 0 Å². The van der Waals surface area contributed by atoms with Gasteiger partial charge in [0.25, 0.3) is 5.91 Å². The number of imide groups is 1.